The maximum atomic E-state index is 10.3. The van der Waals surface area contributed by atoms with E-state index in [1.807, 2.05) is 18.2 Å². The summed E-state index contributed by atoms with van der Waals surface area (Å²) in [6.45, 7) is -0.154. The molecule has 1 aromatic carbocycles. The molecule has 1 saturated carbocycles. The Balaban J connectivity index is 2.12. The predicted molar refractivity (Wildman–Crippen MR) is 58.5 cm³/mol. The van der Waals surface area contributed by atoms with E-state index < -0.39 is 5.97 Å². The highest BCUT2D eigenvalue weighted by atomic mass is 16.4. The molecule has 0 heterocycles. The number of carboxylic acids is 1. The number of aliphatic carboxylic acids is 1. The maximum Gasteiger partial charge on any atom is 0.325 e. The predicted octanol–water partition coefficient (Wildman–Crippen LogP) is 2.07. The number of benzene rings is 1. The van der Waals surface area contributed by atoms with Gasteiger partial charge < -0.3 is 5.11 Å². The third kappa shape index (κ3) is 2.65. The Kier molecular flexibility index (Phi) is 2.81. The average Bonchev–Trinajstić information content (AvgIpc) is 3.01. The molecule has 0 atom stereocenters. The fourth-order valence-corrected chi connectivity index (χ4v) is 1.62. The topological polar surface area (TPSA) is 49.7 Å². The van der Waals surface area contributed by atoms with Gasteiger partial charge in [0.2, 0.25) is 0 Å². The van der Waals surface area contributed by atoms with Crippen molar-refractivity contribution >= 4 is 12.2 Å². The SMILES string of the molecule is O=C(O)CN=Cc1ccccc1C1CC1. The second-order valence-electron chi connectivity index (χ2n) is 3.77. The molecule has 2 rings (SSSR count). The minimum atomic E-state index is -0.893. The van der Waals surface area contributed by atoms with Crippen molar-refractivity contribution in [3.05, 3.63) is 35.4 Å². The van der Waals surface area contributed by atoms with Gasteiger partial charge >= 0.3 is 5.97 Å². The molecule has 1 aliphatic rings. The van der Waals surface area contributed by atoms with Crippen LogP contribution in [0.5, 0.6) is 0 Å². The number of carbonyl (C=O) groups is 1. The van der Waals surface area contributed by atoms with E-state index in [1.165, 1.54) is 18.4 Å². The van der Waals surface area contributed by atoms with Crippen LogP contribution >= 0.6 is 0 Å². The minimum Gasteiger partial charge on any atom is -0.480 e. The van der Waals surface area contributed by atoms with E-state index in [0.29, 0.717) is 5.92 Å². The zero-order chi connectivity index (χ0) is 10.7. The van der Waals surface area contributed by atoms with Gasteiger partial charge in [0.15, 0.2) is 0 Å². The van der Waals surface area contributed by atoms with Gasteiger partial charge in [-0.25, -0.2) is 0 Å². The van der Waals surface area contributed by atoms with Crippen molar-refractivity contribution in [2.75, 3.05) is 6.54 Å². The van der Waals surface area contributed by atoms with E-state index in [9.17, 15) is 4.79 Å². The van der Waals surface area contributed by atoms with Crippen LogP contribution in [0.25, 0.3) is 0 Å². The third-order valence-corrected chi connectivity index (χ3v) is 2.47. The Morgan fingerprint density at radius 2 is 2.20 bits per heavy atom. The van der Waals surface area contributed by atoms with Gasteiger partial charge in [-0.3, -0.25) is 9.79 Å². The van der Waals surface area contributed by atoms with Gasteiger partial charge in [0, 0.05) is 6.21 Å². The van der Waals surface area contributed by atoms with Gasteiger partial charge in [-0.05, 0) is 29.9 Å². The molecule has 1 N–H and O–H groups in total. The number of hydrogen-bond acceptors (Lipinski definition) is 2. The number of carboxylic acid groups (broad SMARTS) is 1. The van der Waals surface area contributed by atoms with Gasteiger partial charge in [-0.15, -0.1) is 0 Å². The van der Waals surface area contributed by atoms with E-state index in [2.05, 4.69) is 11.1 Å². The van der Waals surface area contributed by atoms with Gasteiger partial charge in [0.05, 0.1) is 0 Å². The van der Waals surface area contributed by atoms with Crippen LogP contribution in [-0.2, 0) is 4.79 Å². The maximum absolute atomic E-state index is 10.3. The van der Waals surface area contributed by atoms with Gasteiger partial charge in [0.25, 0.3) is 0 Å². The van der Waals surface area contributed by atoms with Crippen molar-refractivity contribution in [1.82, 2.24) is 0 Å². The fraction of sp³-hybridized carbons (Fsp3) is 0.333. The fourth-order valence-electron chi connectivity index (χ4n) is 1.62. The lowest BCUT2D eigenvalue weighted by Gasteiger charge is -2.02. The van der Waals surface area contributed by atoms with Gasteiger partial charge in [-0.1, -0.05) is 24.3 Å². The molecule has 0 amide bonds. The zero-order valence-corrected chi connectivity index (χ0v) is 8.39. The highest BCUT2D eigenvalue weighted by Crippen LogP contribution is 2.41. The lowest BCUT2D eigenvalue weighted by molar-refractivity contribution is -0.135. The molecule has 0 aliphatic heterocycles. The Morgan fingerprint density at radius 1 is 1.47 bits per heavy atom. The zero-order valence-electron chi connectivity index (χ0n) is 8.39. The molecule has 3 heteroatoms. The van der Waals surface area contributed by atoms with Crippen molar-refractivity contribution in [1.29, 1.82) is 0 Å². The lowest BCUT2D eigenvalue weighted by atomic mass is 10.0. The highest BCUT2D eigenvalue weighted by molar-refractivity contribution is 5.84. The Labute approximate surface area is 88.5 Å². The molecule has 1 fully saturated rings. The van der Waals surface area contributed by atoms with Crippen molar-refractivity contribution in [3.8, 4) is 0 Å². The first kappa shape index (κ1) is 9.90. The molecule has 15 heavy (non-hydrogen) atoms. The van der Waals surface area contributed by atoms with Crippen LogP contribution in [0.15, 0.2) is 29.3 Å². The molecule has 0 saturated heterocycles. The molecule has 3 nitrogen and oxygen atoms in total. The van der Waals surface area contributed by atoms with Crippen molar-refractivity contribution in [2.45, 2.75) is 18.8 Å². The normalized spacial score (nSPS) is 15.7. The second kappa shape index (κ2) is 4.26. The van der Waals surface area contributed by atoms with Crippen LogP contribution in [0.1, 0.15) is 29.9 Å². The Bertz CT molecular complexity index is 394. The summed E-state index contributed by atoms with van der Waals surface area (Å²) >= 11 is 0. The molecular formula is C12H13NO2. The highest BCUT2D eigenvalue weighted by Gasteiger charge is 2.24. The summed E-state index contributed by atoms with van der Waals surface area (Å²) in [5, 5.41) is 8.47. The van der Waals surface area contributed by atoms with Gasteiger partial charge in [0.1, 0.15) is 6.54 Å². The molecule has 78 valence electrons. The summed E-state index contributed by atoms with van der Waals surface area (Å²) < 4.78 is 0. The lowest BCUT2D eigenvalue weighted by Crippen LogP contribution is -2.00. The van der Waals surface area contributed by atoms with Crippen molar-refractivity contribution in [2.24, 2.45) is 4.99 Å². The molecule has 0 radical (unpaired) electrons. The van der Waals surface area contributed by atoms with E-state index in [0.717, 1.165) is 5.56 Å². The van der Waals surface area contributed by atoms with Crippen molar-refractivity contribution in [3.63, 3.8) is 0 Å². The van der Waals surface area contributed by atoms with E-state index in [-0.39, 0.29) is 6.54 Å². The summed E-state index contributed by atoms with van der Waals surface area (Å²) in [5.41, 5.74) is 2.35. The molecule has 0 aromatic heterocycles. The molecule has 0 spiro atoms. The van der Waals surface area contributed by atoms with Crippen LogP contribution in [-0.4, -0.2) is 23.8 Å². The summed E-state index contributed by atoms with van der Waals surface area (Å²) in [6, 6.07) is 8.05. The third-order valence-electron chi connectivity index (χ3n) is 2.47. The van der Waals surface area contributed by atoms with E-state index in [1.54, 1.807) is 6.21 Å². The van der Waals surface area contributed by atoms with E-state index >= 15 is 0 Å². The van der Waals surface area contributed by atoms with Gasteiger partial charge in [-0.2, -0.15) is 0 Å². The summed E-state index contributed by atoms with van der Waals surface area (Å²) in [5.74, 6) is -0.229. The largest absolute Gasteiger partial charge is 0.480 e. The summed E-state index contributed by atoms with van der Waals surface area (Å²) in [7, 11) is 0. The number of aliphatic imine (C=N–C) groups is 1. The Hall–Kier alpha value is -1.64. The van der Waals surface area contributed by atoms with Crippen LogP contribution in [0.3, 0.4) is 0 Å². The summed E-state index contributed by atoms with van der Waals surface area (Å²) in [4.78, 5) is 14.2. The van der Waals surface area contributed by atoms with Crippen LogP contribution < -0.4 is 0 Å². The molecule has 1 aromatic rings. The molecule has 0 bridgehead atoms. The van der Waals surface area contributed by atoms with Crippen LogP contribution in [0, 0.1) is 0 Å². The van der Waals surface area contributed by atoms with Crippen LogP contribution in [0.2, 0.25) is 0 Å². The smallest absolute Gasteiger partial charge is 0.325 e. The molecular weight excluding hydrogens is 190 g/mol. The first-order chi connectivity index (χ1) is 7.27. The second-order valence-corrected chi connectivity index (χ2v) is 3.77. The van der Waals surface area contributed by atoms with Crippen LogP contribution in [0.4, 0.5) is 0 Å². The number of rotatable bonds is 4. The molecule has 1 aliphatic carbocycles. The van der Waals surface area contributed by atoms with Crippen molar-refractivity contribution < 1.29 is 9.90 Å². The quantitative estimate of drug-likeness (QED) is 0.761. The average molecular weight is 203 g/mol. The first-order valence-electron chi connectivity index (χ1n) is 5.08. The standard InChI is InChI=1S/C12H13NO2/c14-12(15)8-13-7-10-3-1-2-4-11(10)9-5-6-9/h1-4,7,9H,5-6,8H2,(H,14,15). The Morgan fingerprint density at radius 3 is 2.87 bits per heavy atom. The van der Waals surface area contributed by atoms with E-state index in [4.69, 9.17) is 5.11 Å². The number of hydrogen-bond donors (Lipinski definition) is 1. The first-order valence-corrected chi connectivity index (χ1v) is 5.08. The molecule has 0 unspecified atom stereocenters. The number of nitrogens with zero attached hydrogens (tertiary/aromatic N) is 1. The minimum absolute atomic E-state index is 0.154. The summed E-state index contributed by atoms with van der Waals surface area (Å²) in [6.07, 6.45) is 4.15. The monoisotopic (exact) mass is 203 g/mol.